The van der Waals surface area contributed by atoms with Gasteiger partial charge in [0.2, 0.25) is 5.91 Å². The molecule has 27 heavy (non-hydrogen) atoms. The first kappa shape index (κ1) is 19.5. The number of nitrogens with zero attached hydrogens (tertiary/aromatic N) is 2. The summed E-state index contributed by atoms with van der Waals surface area (Å²) >= 11 is 5.87. The van der Waals surface area contributed by atoms with Crippen molar-refractivity contribution < 1.29 is 4.79 Å². The van der Waals surface area contributed by atoms with Crippen molar-refractivity contribution in [3.05, 3.63) is 64.7 Å². The Bertz CT molecular complexity index is 809. The molecule has 0 radical (unpaired) electrons. The van der Waals surface area contributed by atoms with E-state index in [1.807, 2.05) is 37.3 Å². The maximum atomic E-state index is 12.2. The smallest absolute Gasteiger partial charge is 0.248 e. The number of nitrogens with one attached hydrogen (secondary N) is 1. The van der Waals surface area contributed by atoms with Crippen molar-refractivity contribution in [2.24, 2.45) is 0 Å². The summed E-state index contributed by atoms with van der Waals surface area (Å²) < 4.78 is 0. The molecule has 1 fully saturated rings. The Morgan fingerprint density at radius 2 is 1.81 bits per heavy atom. The van der Waals surface area contributed by atoms with Crippen LogP contribution in [0.5, 0.6) is 0 Å². The molecule has 0 spiro atoms. The van der Waals surface area contributed by atoms with Crippen LogP contribution in [-0.2, 0) is 4.79 Å². The number of anilines is 2. The second-order valence-corrected chi connectivity index (χ2v) is 7.23. The van der Waals surface area contributed by atoms with Gasteiger partial charge in [-0.1, -0.05) is 30.7 Å². The lowest BCUT2D eigenvalue weighted by molar-refractivity contribution is -0.111. The van der Waals surface area contributed by atoms with Gasteiger partial charge in [0.25, 0.3) is 0 Å². The van der Waals surface area contributed by atoms with Gasteiger partial charge in [-0.3, -0.25) is 4.79 Å². The van der Waals surface area contributed by atoms with E-state index < -0.39 is 0 Å². The third-order valence-electron chi connectivity index (χ3n) is 4.95. The van der Waals surface area contributed by atoms with E-state index in [-0.39, 0.29) is 5.91 Å². The van der Waals surface area contributed by atoms with Gasteiger partial charge in [0.15, 0.2) is 0 Å². The van der Waals surface area contributed by atoms with Crippen LogP contribution in [0.2, 0.25) is 5.02 Å². The molecule has 0 unspecified atom stereocenters. The monoisotopic (exact) mass is 383 g/mol. The highest BCUT2D eigenvalue weighted by Crippen LogP contribution is 2.24. The van der Waals surface area contributed by atoms with E-state index >= 15 is 0 Å². The standard InChI is InChI=1S/C22H26ClN3O/c1-3-25-12-14-26(15-13-25)20-9-10-21(17(2)16-20)24-22(27)11-6-18-4-7-19(23)8-5-18/h4-11,16H,3,12-15H2,1-2H3,(H,24,27)/b11-6+. The summed E-state index contributed by atoms with van der Waals surface area (Å²) in [4.78, 5) is 17.1. The molecule has 142 valence electrons. The van der Waals surface area contributed by atoms with E-state index in [0.29, 0.717) is 5.02 Å². The quantitative estimate of drug-likeness (QED) is 0.775. The third-order valence-corrected chi connectivity index (χ3v) is 5.20. The molecule has 5 heteroatoms. The first-order chi connectivity index (χ1) is 13.0. The first-order valence-corrected chi connectivity index (χ1v) is 9.75. The van der Waals surface area contributed by atoms with Crippen molar-refractivity contribution in [2.45, 2.75) is 13.8 Å². The first-order valence-electron chi connectivity index (χ1n) is 9.38. The third kappa shape index (κ3) is 5.34. The summed E-state index contributed by atoms with van der Waals surface area (Å²) in [6.07, 6.45) is 3.32. The van der Waals surface area contributed by atoms with E-state index in [1.165, 1.54) is 5.69 Å². The summed E-state index contributed by atoms with van der Waals surface area (Å²) in [5.74, 6) is -0.141. The van der Waals surface area contributed by atoms with Crippen molar-refractivity contribution in [1.29, 1.82) is 0 Å². The normalized spacial score (nSPS) is 15.3. The summed E-state index contributed by atoms with van der Waals surface area (Å²) in [6.45, 7) is 9.64. The molecule has 1 N–H and O–H groups in total. The highest BCUT2D eigenvalue weighted by molar-refractivity contribution is 6.30. The Labute approximate surface area is 166 Å². The lowest BCUT2D eigenvalue weighted by Gasteiger charge is -2.35. The van der Waals surface area contributed by atoms with Gasteiger partial charge >= 0.3 is 0 Å². The average molecular weight is 384 g/mol. The van der Waals surface area contributed by atoms with E-state index in [2.05, 4.69) is 34.2 Å². The van der Waals surface area contributed by atoms with E-state index in [0.717, 1.165) is 49.5 Å². The highest BCUT2D eigenvalue weighted by atomic mass is 35.5. The number of halogens is 1. The van der Waals surface area contributed by atoms with Gasteiger partial charge in [-0.25, -0.2) is 0 Å². The number of carbonyl (C=O) groups excluding carboxylic acids is 1. The largest absolute Gasteiger partial charge is 0.369 e. The zero-order chi connectivity index (χ0) is 19.2. The molecule has 1 heterocycles. The second-order valence-electron chi connectivity index (χ2n) is 6.79. The SMILES string of the molecule is CCN1CCN(c2ccc(NC(=O)/C=C/c3ccc(Cl)cc3)c(C)c2)CC1. The van der Waals surface area contributed by atoms with Crippen LogP contribution in [0.25, 0.3) is 6.08 Å². The van der Waals surface area contributed by atoms with Crippen LogP contribution in [0.4, 0.5) is 11.4 Å². The van der Waals surface area contributed by atoms with Crippen LogP contribution in [0, 0.1) is 6.92 Å². The number of likely N-dealkylation sites (N-methyl/N-ethyl adjacent to an activating group) is 1. The number of amides is 1. The van der Waals surface area contributed by atoms with E-state index in [9.17, 15) is 4.79 Å². The Morgan fingerprint density at radius 3 is 2.44 bits per heavy atom. The fourth-order valence-electron chi connectivity index (χ4n) is 3.23. The molecular weight excluding hydrogens is 358 g/mol. The molecular formula is C22H26ClN3O. The number of piperazine rings is 1. The van der Waals surface area contributed by atoms with Gasteiger partial charge in [-0.15, -0.1) is 0 Å². The Hall–Kier alpha value is -2.30. The molecule has 0 atom stereocenters. The number of rotatable bonds is 5. The van der Waals surface area contributed by atoms with E-state index in [4.69, 9.17) is 11.6 Å². The minimum atomic E-state index is -0.141. The molecule has 1 saturated heterocycles. The van der Waals surface area contributed by atoms with Crippen LogP contribution in [0.1, 0.15) is 18.1 Å². The van der Waals surface area contributed by atoms with Gasteiger partial charge < -0.3 is 15.1 Å². The Morgan fingerprint density at radius 1 is 1.11 bits per heavy atom. The van der Waals surface area contributed by atoms with Gasteiger partial charge in [-0.05, 0) is 61.0 Å². The number of hydrogen-bond acceptors (Lipinski definition) is 3. The van der Waals surface area contributed by atoms with Crippen molar-refractivity contribution in [3.63, 3.8) is 0 Å². The topological polar surface area (TPSA) is 35.6 Å². The summed E-state index contributed by atoms with van der Waals surface area (Å²) in [5, 5.41) is 3.64. The molecule has 3 rings (SSSR count). The predicted octanol–water partition coefficient (Wildman–Crippen LogP) is 4.44. The molecule has 0 saturated carbocycles. The summed E-state index contributed by atoms with van der Waals surface area (Å²) in [6, 6.07) is 13.6. The molecule has 2 aromatic rings. The summed E-state index contributed by atoms with van der Waals surface area (Å²) in [5.41, 5.74) is 4.07. The van der Waals surface area contributed by atoms with Crippen LogP contribution in [0.3, 0.4) is 0 Å². The van der Waals surface area contributed by atoms with Crippen LogP contribution >= 0.6 is 11.6 Å². The average Bonchev–Trinajstić information content (AvgIpc) is 2.69. The van der Waals surface area contributed by atoms with Crippen LogP contribution in [0.15, 0.2) is 48.5 Å². The van der Waals surface area contributed by atoms with Crippen LogP contribution in [-0.4, -0.2) is 43.5 Å². The van der Waals surface area contributed by atoms with Gasteiger partial charge in [0.1, 0.15) is 0 Å². The van der Waals surface area contributed by atoms with Crippen LogP contribution < -0.4 is 10.2 Å². The predicted molar refractivity (Wildman–Crippen MR) is 115 cm³/mol. The molecule has 0 aromatic heterocycles. The lowest BCUT2D eigenvalue weighted by Crippen LogP contribution is -2.46. The lowest BCUT2D eigenvalue weighted by atomic mass is 10.1. The number of carbonyl (C=O) groups is 1. The van der Waals surface area contributed by atoms with Gasteiger partial charge in [0, 0.05) is 48.7 Å². The van der Waals surface area contributed by atoms with Crippen molar-refractivity contribution in [1.82, 2.24) is 4.90 Å². The summed E-state index contributed by atoms with van der Waals surface area (Å²) in [7, 11) is 0. The van der Waals surface area contributed by atoms with Crippen molar-refractivity contribution in [2.75, 3.05) is 42.9 Å². The molecule has 0 bridgehead atoms. The number of hydrogen-bond donors (Lipinski definition) is 1. The molecule has 1 amide bonds. The minimum Gasteiger partial charge on any atom is -0.369 e. The number of aryl methyl sites for hydroxylation is 1. The Balaban J connectivity index is 1.60. The zero-order valence-corrected chi connectivity index (χ0v) is 16.7. The highest BCUT2D eigenvalue weighted by Gasteiger charge is 2.16. The second kappa shape index (κ2) is 9.07. The fourth-order valence-corrected chi connectivity index (χ4v) is 3.35. The Kier molecular flexibility index (Phi) is 6.54. The van der Waals surface area contributed by atoms with Gasteiger partial charge in [-0.2, -0.15) is 0 Å². The molecule has 4 nitrogen and oxygen atoms in total. The molecule has 0 aliphatic carbocycles. The minimum absolute atomic E-state index is 0.141. The zero-order valence-electron chi connectivity index (χ0n) is 15.9. The fraction of sp³-hybridized carbons (Fsp3) is 0.318. The van der Waals surface area contributed by atoms with Gasteiger partial charge in [0.05, 0.1) is 0 Å². The molecule has 2 aromatic carbocycles. The molecule has 1 aliphatic rings. The van der Waals surface area contributed by atoms with E-state index in [1.54, 1.807) is 12.2 Å². The molecule has 1 aliphatic heterocycles. The maximum Gasteiger partial charge on any atom is 0.248 e. The number of benzene rings is 2. The van der Waals surface area contributed by atoms with Crippen molar-refractivity contribution in [3.8, 4) is 0 Å². The maximum absolute atomic E-state index is 12.2. The van der Waals surface area contributed by atoms with Crippen molar-refractivity contribution >= 4 is 35.0 Å².